The maximum atomic E-state index is 3.85. The van der Waals surface area contributed by atoms with Gasteiger partial charge in [0.15, 0.2) is 0 Å². The predicted molar refractivity (Wildman–Crippen MR) is 58.4 cm³/mol. The number of nitrogens with zero attached hydrogens (tertiary/aromatic N) is 1. The SMILES string of the molecule is CC1NC2CCCCC2N2CCCC12. The molecular weight excluding hydrogens is 172 g/mol. The summed E-state index contributed by atoms with van der Waals surface area (Å²) in [5.74, 6) is 0. The van der Waals surface area contributed by atoms with Gasteiger partial charge in [-0.05, 0) is 39.2 Å². The highest BCUT2D eigenvalue weighted by molar-refractivity contribution is 5.02. The van der Waals surface area contributed by atoms with Crippen LogP contribution in [0.25, 0.3) is 0 Å². The Kier molecular flexibility index (Phi) is 2.29. The largest absolute Gasteiger partial charge is 0.308 e. The number of rotatable bonds is 0. The van der Waals surface area contributed by atoms with Crippen LogP contribution in [0.1, 0.15) is 45.4 Å². The molecule has 3 fully saturated rings. The Morgan fingerprint density at radius 2 is 1.79 bits per heavy atom. The second kappa shape index (κ2) is 3.49. The molecule has 2 nitrogen and oxygen atoms in total. The maximum Gasteiger partial charge on any atom is 0.0253 e. The number of hydrogen-bond donors (Lipinski definition) is 1. The van der Waals surface area contributed by atoms with Crippen molar-refractivity contribution in [2.75, 3.05) is 6.54 Å². The van der Waals surface area contributed by atoms with E-state index in [1.54, 1.807) is 0 Å². The lowest BCUT2D eigenvalue weighted by Crippen LogP contribution is -2.65. The van der Waals surface area contributed by atoms with E-state index in [1.807, 2.05) is 0 Å². The molecule has 0 aromatic heterocycles. The van der Waals surface area contributed by atoms with Crippen LogP contribution < -0.4 is 5.32 Å². The topological polar surface area (TPSA) is 15.3 Å². The van der Waals surface area contributed by atoms with Crippen molar-refractivity contribution in [1.82, 2.24) is 10.2 Å². The van der Waals surface area contributed by atoms with Crippen LogP contribution in [0, 0.1) is 0 Å². The van der Waals surface area contributed by atoms with E-state index in [0.717, 1.165) is 24.2 Å². The molecule has 0 aromatic carbocycles. The highest BCUT2D eigenvalue weighted by Crippen LogP contribution is 2.34. The van der Waals surface area contributed by atoms with Crippen LogP contribution in [0.15, 0.2) is 0 Å². The zero-order valence-electron chi connectivity index (χ0n) is 9.21. The molecule has 0 amide bonds. The van der Waals surface area contributed by atoms with Gasteiger partial charge in [0.05, 0.1) is 0 Å². The van der Waals surface area contributed by atoms with Crippen LogP contribution >= 0.6 is 0 Å². The quantitative estimate of drug-likeness (QED) is 0.632. The first-order chi connectivity index (χ1) is 6.86. The lowest BCUT2D eigenvalue weighted by atomic mass is 9.85. The molecule has 2 heterocycles. The van der Waals surface area contributed by atoms with Crippen molar-refractivity contribution < 1.29 is 0 Å². The molecule has 0 bridgehead atoms. The average Bonchev–Trinajstić information content (AvgIpc) is 2.67. The minimum Gasteiger partial charge on any atom is -0.308 e. The van der Waals surface area contributed by atoms with Gasteiger partial charge < -0.3 is 5.32 Å². The molecular formula is C12H22N2. The van der Waals surface area contributed by atoms with Gasteiger partial charge in [-0.15, -0.1) is 0 Å². The molecule has 4 unspecified atom stereocenters. The number of nitrogens with one attached hydrogen (secondary N) is 1. The Hall–Kier alpha value is -0.0800. The molecule has 1 aliphatic carbocycles. The van der Waals surface area contributed by atoms with Crippen LogP contribution in [0.2, 0.25) is 0 Å². The van der Waals surface area contributed by atoms with Crippen molar-refractivity contribution in [2.24, 2.45) is 0 Å². The Balaban J connectivity index is 1.80. The highest BCUT2D eigenvalue weighted by Gasteiger charge is 2.43. The summed E-state index contributed by atoms with van der Waals surface area (Å²) in [7, 11) is 0. The van der Waals surface area contributed by atoms with Gasteiger partial charge in [0.25, 0.3) is 0 Å². The summed E-state index contributed by atoms with van der Waals surface area (Å²) in [4.78, 5) is 2.82. The molecule has 3 aliphatic rings. The minimum atomic E-state index is 0.733. The fourth-order valence-electron chi connectivity index (χ4n) is 3.92. The summed E-state index contributed by atoms with van der Waals surface area (Å²) in [6.45, 7) is 3.76. The first kappa shape index (κ1) is 9.17. The standard InChI is InChI=1S/C12H22N2/c1-9-11-7-4-8-14(11)12-6-3-2-5-10(12)13-9/h9-13H,2-8H2,1H3. The third-order valence-electron chi connectivity index (χ3n) is 4.55. The fourth-order valence-corrected chi connectivity index (χ4v) is 3.92. The number of hydrogen-bond acceptors (Lipinski definition) is 2. The molecule has 0 aromatic rings. The summed E-state index contributed by atoms with van der Waals surface area (Å²) in [5, 5.41) is 3.85. The fraction of sp³-hybridized carbons (Fsp3) is 1.00. The lowest BCUT2D eigenvalue weighted by Gasteiger charge is -2.49. The number of piperazine rings is 1. The monoisotopic (exact) mass is 194 g/mol. The Morgan fingerprint density at radius 3 is 2.71 bits per heavy atom. The molecule has 0 radical (unpaired) electrons. The van der Waals surface area contributed by atoms with Gasteiger partial charge >= 0.3 is 0 Å². The molecule has 80 valence electrons. The molecule has 14 heavy (non-hydrogen) atoms. The summed E-state index contributed by atoms with van der Waals surface area (Å²) in [5.41, 5.74) is 0. The smallest absolute Gasteiger partial charge is 0.0253 e. The van der Waals surface area contributed by atoms with E-state index in [1.165, 1.54) is 45.1 Å². The zero-order chi connectivity index (χ0) is 9.54. The van der Waals surface area contributed by atoms with Gasteiger partial charge in [0, 0.05) is 24.2 Å². The molecule has 4 atom stereocenters. The molecule has 2 saturated heterocycles. The summed E-state index contributed by atoms with van der Waals surface area (Å²) in [6, 6.07) is 3.28. The first-order valence-corrected chi connectivity index (χ1v) is 6.38. The van der Waals surface area contributed by atoms with Crippen molar-refractivity contribution in [3.05, 3.63) is 0 Å². The van der Waals surface area contributed by atoms with E-state index < -0.39 is 0 Å². The van der Waals surface area contributed by atoms with E-state index in [4.69, 9.17) is 0 Å². The van der Waals surface area contributed by atoms with Crippen molar-refractivity contribution in [3.63, 3.8) is 0 Å². The van der Waals surface area contributed by atoms with Gasteiger partial charge in [-0.3, -0.25) is 4.90 Å². The van der Waals surface area contributed by atoms with Crippen LogP contribution in [0.5, 0.6) is 0 Å². The number of fused-ring (bicyclic) bond motifs is 3. The van der Waals surface area contributed by atoms with E-state index in [9.17, 15) is 0 Å². The van der Waals surface area contributed by atoms with Gasteiger partial charge in [-0.2, -0.15) is 0 Å². The molecule has 1 N–H and O–H groups in total. The molecule has 2 aliphatic heterocycles. The van der Waals surface area contributed by atoms with E-state index in [0.29, 0.717) is 0 Å². The van der Waals surface area contributed by atoms with E-state index in [-0.39, 0.29) is 0 Å². The second-order valence-electron chi connectivity index (χ2n) is 5.36. The van der Waals surface area contributed by atoms with Crippen molar-refractivity contribution >= 4 is 0 Å². The van der Waals surface area contributed by atoms with Gasteiger partial charge in [-0.25, -0.2) is 0 Å². The molecule has 0 spiro atoms. The van der Waals surface area contributed by atoms with Crippen LogP contribution in [0.4, 0.5) is 0 Å². The van der Waals surface area contributed by atoms with Gasteiger partial charge in [0.2, 0.25) is 0 Å². The predicted octanol–water partition coefficient (Wildman–Crippen LogP) is 1.75. The summed E-state index contributed by atoms with van der Waals surface area (Å²) in [6.07, 6.45) is 8.62. The van der Waals surface area contributed by atoms with E-state index in [2.05, 4.69) is 17.1 Å². The highest BCUT2D eigenvalue weighted by atomic mass is 15.3. The first-order valence-electron chi connectivity index (χ1n) is 6.38. The van der Waals surface area contributed by atoms with Gasteiger partial charge in [0.1, 0.15) is 0 Å². The Labute approximate surface area is 87.0 Å². The maximum absolute atomic E-state index is 3.85. The molecule has 2 heteroatoms. The Bertz CT molecular complexity index is 216. The van der Waals surface area contributed by atoms with Crippen LogP contribution in [-0.2, 0) is 0 Å². The zero-order valence-corrected chi connectivity index (χ0v) is 9.21. The Morgan fingerprint density at radius 1 is 1.00 bits per heavy atom. The average molecular weight is 194 g/mol. The molecule has 3 rings (SSSR count). The van der Waals surface area contributed by atoms with Crippen LogP contribution in [-0.4, -0.2) is 35.6 Å². The third kappa shape index (κ3) is 1.31. The summed E-state index contributed by atoms with van der Waals surface area (Å²) < 4.78 is 0. The van der Waals surface area contributed by atoms with Crippen molar-refractivity contribution in [1.29, 1.82) is 0 Å². The third-order valence-corrected chi connectivity index (χ3v) is 4.55. The van der Waals surface area contributed by atoms with E-state index >= 15 is 0 Å². The van der Waals surface area contributed by atoms with Gasteiger partial charge in [-0.1, -0.05) is 12.8 Å². The second-order valence-corrected chi connectivity index (χ2v) is 5.36. The van der Waals surface area contributed by atoms with Crippen LogP contribution in [0.3, 0.4) is 0 Å². The van der Waals surface area contributed by atoms with Crippen molar-refractivity contribution in [3.8, 4) is 0 Å². The van der Waals surface area contributed by atoms with Crippen molar-refractivity contribution in [2.45, 2.75) is 69.6 Å². The summed E-state index contributed by atoms with van der Waals surface area (Å²) >= 11 is 0. The lowest BCUT2D eigenvalue weighted by molar-refractivity contribution is 0.0436. The molecule has 1 saturated carbocycles. The normalized spacial score (nSPS) is 48.6. The minimum absolute atomic E-state index is 0.733.